The van der Waals surface area contributed by atoms with E-state index in [1.807, 2.05) is 6.07 Å². The van der Waals surface area contributed by atoms with Crippen LogP contribution in [0.5, 0.6) is 0 Å². The van der Waals surface area contributed by atoms with Gasteiger partial charge in [-0.25, -0.2) is 4.98 Å². The monoisotopic (exact) mass is 497 g/mol. The number of hydrogen-bond acceptors (Lipinski definition) is 10. The number of nitrogens with one attached hydrogen (secondary N) is 1. The Hall–Kier alpha value is -3.70. The van der Waals surface area contributed by atoms with Crippen LogP contribution in [0.1, 0.15) is 12.2 Å². The first-order valence-electron chi connectivity index (χ1n) is 10.1. The van der Waals surface area contributed by atoms with Gasteiger partial charge in [0.25, 0.3) is 5.56 Å². The summed E-state index contributed by atoms with van der Waals surface area (Å²) in [6, 6.07) is 14.1. The Kier molecular flexibility index (Phi) is 7.24. The highest BCUT2D eigenvalue weighted by Gasteiger charge is 2.15. The number of carbonyl (C=O) groups is 1. The molecule has 12 heteroatoms. The number of benzene rings is 2. The molecule has 0 unspecified atom stereocenters. The average Bonchev–Trinajstić information content (AvgIpc) is 2.83. The number of anilines is 3. The molecule has 0 amide bonds. The van der Waals surface area contributed by atoms with E-state index in [-0.39, 0.29) is 36.2 Å². The molecule has 4 aromatic rings. The second-order valence-electron chi connectivity index (χ2n) is 7.05. The molecule has 0 radical (unpaired) electrons. The number of carbonyl (C=O) groups excluding carboxylic acids is 1. The van der Waals surface area contributed by atoms with Gasteiger partial charge in [-0.1, -0.05) is 35.5 Å². The Morgan fingerprint density at radius 1 is 1.12 bits per heavy atom. The van der Waals surface area contributed by atoms with Crippen LogP contribution >= 0.6 is 23.4 Å². The van der Waals surface area contributed by atoms with E-state index in [1.54, 1.807) is 42.5 Å². The summed E-state index contributed by atoms with van der Waals surface area (Å²) < 4.78 is 6.17. The van der Waals surface area contributed by atoms with Crippen molar-refractivity contribution in [1.29, 1.82) is 0 Å². The molecule has 2 aromatic heterocycles. The van der Waals surface area contributed by atoms with E-state index in [1.165, 1.54) is 23.4 Å². The Morgan fingerprint density at radius 2 is 1.88 bits per heavy atom. The standard InChI is InChI=1S/C22H20ClN7O3S/c1-33-18(31)10-11-30-19(32)15-4-2-3-5-16(15)26-22(30)34-12-17-27-20(24)29-21(28-17)25-14-8-6-13(23)7-9-14/h2-9H,10-12H2,1H3,(H3,24,25,27,28,29). The average molecular weight is 498 g/mol. The van der Waals surface area contributed by atoms with Crippen molar-refractivity contribution in [2.75, 3.05) is 18.2 Å². The highest BCUT2D eigenvalue weighted by atomic mass is 35.5. The zero-order chi connectivity index (χ0) is 24.1. The highest BCUT2D eigenvalue weighted by Crippen LogP contribution is 2.23. The van der Waals surface area contributed by atoms with Crippen LogP contribution in [0.4, 0.5) is 17.6 Å². The number of rotatable bonds is 8. The lowest BCUT2D eigenvalue weighted by molar-refractivity contribution is -0.140. The zero-order valence-corrected chi connectivity index (χ0v) is 19.6. The molecule has 0 saturated carbocycles. The maximum absolute atomic E-state index is 13.1. The normalized spacial score (nSPS) is 10.9. The Morgan fingerprint density at radius 3 is 2.65 bits per heavy atom. The van der Waals surface area contributed by atoms with Crippen molar-refractivity contribution >= 4 is 57.8 Å². The van der Waals surface area contributed by atoms with Crippen LogP contribution < -0.4 is 16.6 Å². The minimum Gasteiger partial charge on any atom is -0.469 e. The number of para-hydroxylation sites is 1. The Labute approximate surface area is 203 Å². The molecular formula is C22H20ClN7O3S. The van der Waals surface area contributed by atoms with Crippen molar-refractivity contribution in [3.8, 4) is 0 Å². The molecule has 0 aliphatic carbocycles. The predicted molar refractivity (Wildman–Crippen MR) is 131 cm³/mol. The van der Waals surface area contributed by atoms with Crippen LogP contribution in [0.25, 0.3) is 10.9 Å². The quantitative estimate of drug-likeness (QED) is 0.211. The minimum atomic E-state index is -0.417. The van der Waals surface area contributed by atoms with Crippen molar-refractivity contribution in [3.63, 3.8) is 0 Å². The molecule has 3 N–H and O–H groups in total. The van der Waals surface area contributed by atoms with Crippen LogP contribution in [0, 0.1) is 0 Å². The SMILES string of the molecule is COC(=O)CCn1c(SCc2nc(N)nc(Nc3ccc(Cl)cc3)n2)nc2ccccc2c1=O. The van der Waals surface area contributed by atoms with Gasteiger partial charge < -0.3 is 15.8 Å². The van der Waals surface area contributed by atoms with Gasteiger partial charge in [-0.05, 0) is 36.4 Å². The number of aromatic nitrogens is 5. The summed E-state index contributed by atoms with van der Waals surface area (Å²) in [6.07, 6.45) is 0.0395. The summed E-state index contributed by atoms with van der Waals surface area (Å²) in [5.74, 6) is 0.581. The molecule has 4 rings (SSSR count). The van der Waals surface area contributed by atoms with Gasteiger partial charge in [0.1, 0.15) is 5.82 Å². The van der Waals surface area contributed by atoms with E-state index >= 15 is 0 Å². The molecule has 2 aromatic carbocycles. The van der Waals surface area contributed by atoms with Gasteiger partial charge in [-0.2, -0.15) is 15.0 Å². The molecule has 0 aliphatic heterocycles. The van der Waals surface area contributed by atoms with Crippen LogP contribution in [-0.4, -0.2) is 37.6 Å². The second kappa shape index (κ2) is 10.5. The third-order valence-corrected chi connectivity index (χ3v) is 5.95. The van der Waals surface area contributed by atoms with E-state index < -0.39 is 5.97 Å². The number of halogens is 1. The minimum absolute atomic E-state index is 0.0395. The van der Waals surface area contributed by atoms with E-state index in [2.05, 4.69) is 25.3 Å². The summed E-state index contributed by atoms with van der Waals surface area (Å²) in [5, 5.41) is 4.57. The molecule has 10 nitrogen and oxygen atoms in total. The van der Waals surface area contributed by atoms with Crippen LogP contribution in [0.2, 0.25) is 5.02 Å². The molecule has 0 atom stereocenters. The largest absolute Gasteiger partial charge is 0.469 e. The number of esters is 1. The topological polar surface area (TPSA) is 138 Å². The number of fused-ring (bicyclic) bond motifs is 1. The lowest BCUT2D eigenvalue weighted by atomic mass is 10.2. The summed E-state index contributed by atoms with van der Waals surface area (Å²) in [7, 11) is 1.31. The van der Waals surface area contributed by atoms with Crippen LogP contribution in [0.3, 0.4) is 0 Å². The van der Waals surface area contributed by atoms with Gasteiger partial charge in [0.2, 0.25) is 11.9 Å². The fourth-order valence-corrected chi connectivity index (χ4v) is 4.12. The van der Waals surface area contributed by atoms with E-state index in [0.29, 0.717) is 26.9 Å². The first-order chi connectivity index (χ1) is 16.4. The first-order valence-corrected chi connectivity index (χ1v) is 11.5. The fourth-order valence-electron chi connectivity index (χ4n) is 3.11. The summed E-state index contributed by atoms with van der Waals surface area (Å²) >= 11 is 7.19. The lowest BCUT2D eigenvalue weighted by Crippen LogP contribution is -2.25. The summed E-state index contributed by atoms with van der Waals surface area (Å²) in [4.78, 5) is 42.1. The number of thioether (sulfide) groups is 1. The van der Waals surface area contributed by atoms with Crippen molar-refractivity contribution in [1.82, 2.24) is 24.5 Å². The number of nitrogens with two attached hydrogens (primary N) is 1. The highest BCUT2D eigenvalue weighted by molar-refractivity contribution is 7.98. The number of hydrogen-bond donors (Lipinski definition) is 2. The van der Waals surface area contributed by atoms with Crippen LogP contribution in [-0.2, 0) is 21.8 Å². The Balaban J connectivity index is 1.60. The molecule has 0 bridgehead atoms. The Bertz CT molecular complexity index is 1400. The van der Waals surface area contributed by atoms with Gasteiger partial charge in [0.05, 0.1) is 30.2 Å². The van der Waals surface area contributed by atoms with Gasteiger partial charge in [-0.15, -0.1) is 0 Å². The molecule has 174 valence electrons. The molecule has 2 heterocycles. The van der Waals surface area contributed by atoms with Crippen molar-refractivity contribution < 1.29 is 9.53 Å². The molecule has 0 spiro atoms. The third-order valence-electron chi connectivity index (χ3n) is 4.72. The molecule has 0 saturated heterocycles. The zero-order valence-electron chi connectivity index (χ0n) is 18.1. The smallest absolute Gasteiger partial charge is 0.307 e. The maximum Gasteiger partial charge on any atom is 0.307 e. The number of ether oxygens (including phenoxy) is 1. The number of nitrogens with zero attached hydrogens (tertiary/aromatic N) is 5. The number of methoxy groups -OCH3 is 1. The predicted octanol–water partition coefficient (Wildman–Crippen LogP) is 3.42. The van der Waals surface area contributed by atoms with Gasteiger partial charge in [-0.3, -0.25) is 14.2 Å². The molecule has 0 aliphatic rings. The van der Waals surface area contributed by atoms with Gasteiger partial charge >= 0.3 is 5.97 Å². The maximum atomic E-state index is 13.1. The van der Waals surface area contributed by atoms with Crippen molar-refractivity contribution in [2.24, 2.45) is 0 Å². The third kappa shape index (κ3) is 5.61. The molecule has 34 heavy (non-hydrogen) atoms. The summed E-state index contributed by atoms with van der Waals surface area (Å²) in [6.45, 7) is 0.133. The van der Waals surface area contributed by atoms with Gasteiger partial charge in [0, 0.05) is 17.3 Å². The molecule has 0 fully saturated rings. The van der Waals surface area contributed by atoms with Crippen molar-refractivity contribution in [2.45, 2.75) is 23.9 Å². The second-order valence-corrected chi connectivity index (χ2v) is 8.43. The van der Waals surface area contributed by atoms with E-state index in [4.69, 9.17) is 22.1 Å². The molecular weight excluding hydrogens is 478 g/mol. The van der Waals surface area contributed by atoms with Crippen molar-refractivity contribution in [3.05, 3.63) is 69.7 Å². The van der Waals surface area contributed by atoms with Gasteiger partial charge in [0.15, 0.2) is 5.16 Å². The lowest BCUT2D eigenvalue weighted by Gasteiger charge is -2.13. The van der Waals surface area contributed by atoms with E-state index in [9.17, 15) is 9.59 Å². The number of nitrogen functional groups attached to an aromatic ring is 1. The fraction of sp³-hybridized carbons (Fsp3) is 0.182. The first kappa shape index (κ1) is 23.5. The van der Waals surface area contributed by atoms with E-state index in [0.717, 1.165) is 5.69 Å². The summed E-state index contributed by atoms with van der Waals surface area (Å²) in [5.41, 5.74) is 6.93. The van der Waals surface area contributed by atoms with Crippen LogP contribution in [0.15, 0.2) is 58.5 Å².